The third-order valence-electron chi connectivity index (χ3n) is 4.18. The van der Waals surface area contributed by atoms with Crippen LogP contribution >= 0.6 is 0 Å². The maximum Gasteiger partial charge on any atom is 0.230 e. The van der Waals surface area contributed by atoms with E-state index in [1.807, 2.05) is 31.2 Å². The molecule has 4 heteroatoms. The molecule has 0 spiro atoms. The quantitative estimate of drug-likeness (QED) is 0.772. The van der Waals surface area contributed by atoms with Gasteiger partial charge in [0.25, 0.3) is 0 Å². The van der Waals surface area contributed by atoms with Crippen molar-refractivity contribution in [2.75, 3.05) is 0 Å². The molecule has 1 saturated heterocycles. The normalized spacial score (nSPS) is 30.2. The van der Waals surface area contributed by atoms with E-state index in [9.17, 15) is 14.4 Å². The fourth-order valence-electron chi connectivity index (χ4n) is 3.29. The summed E-state index contributed by atoms with van der Waals surface area (Å²) in [7, 11) is 0. The first-order chi connectivity index (χ1) is 9.08. The number of hydrogen-bond acceptors (Lipinski definition) is 3. The topological polar surface area (TPSA) is 63.2 Å². The predicted octanol–water partition coefficient (Wildman–Crippen LogP) is 1.34. The van der Waals surface area contributed by atoms with E-state index in [0.29, 0.717) is 12.8 Å². The van der Waals surface area contributed by atoms with Crippen LogP contribution in [0.5, 0.6) is 0 Å². The molecule has 1 aromatic carbocycles. The van der Waals surface area contributed by atoms with E-state index >= 15 is 0 Å². The van der Waals surface area contributed by atoms with E-state index in [1.165, 1.54) is 0 Å². The Hall–Kier alpha value is -1.97. The Morgan fingerprint density at radius 1 is 1.11 bits per heavy atom. The maximum absolute atomic E-state index is 12.4. The van der Waals surface area contributed by atoms with Crippen LogP contribution in [0.4, 0.5) is 0 Å². The predicted molar refractivity (Wildman–Crippen MR) is 68.4 cm³/mol. The second kappa shape index (κ2) is 4.30. The van der Waals surface area contributed by atoms with Crippen LogP contribution in [0.25, 0.3) is 0 Å². The first kappa shape index (κ1) is 12.1. The van der Waals surface area contributed by atoms with E-state index in [2.05, 4.69) is 5.32 Å². The molecule has 0 bridgehead atoms. The Labute approximate surface area is 111 Å². The van der Waals surface area contributed by atoms with Gasteiger partial charge in [-0.15, -0.1) is 0 Å². The molecule has 1 aliphatic carbocycles. The van der Waals surface area contributed by atoms with Gasteiger partial charge in [-0.3, -0.25) is 19.7 Å². The van der Waals surface area contributed by atoms with Gasteiger partial charge in [-0.2, -0.15) is 0 Å². The molecule has 3 unspecified atom stereocenters. The monoisotopic (exact) mass is 257 g/mol. The number of hydrogen-bond donors (Lipinski definition) is 1. The zero-order chi connectivity index (χ0) is 13.6. The molecule has 1 heterocycles. The standard InChI is InChI=1S/C15H15NO3/c1-8-6-12(17)16-15(19)13(8)11-7-9-4-2-3-5-10(9)14(11)18/h2-5,8,11,13H,6-7H2,1H3,(H,16,17,19). The number of Topliss-reactive ketones (excluding diaryl/α,β-unsaturated/α-hetero) is 1. The number of piperidine rings is 1. The molecule has 2 aliphatic rings. The number of amides is 2. The van der Waals surface area contributed by atoms with Crippen molar-refractivity contribution >= 4 is 17.6 Å². The highest BCUT2D eigenvalue weighted by Crippen LogP contribution is 2.37. The Bertz CT molecular complexity index is 579. The minimum atomic E-state index is -0.391. The van der Waals surface area contributed by atoms with Crippen LogP contribution in [-0.4, -0.2) is 17.6 Å². The minimum absolute atomic E-state index is 0.0388. The van der Waals surface area contributed by atoms with E-state index in [-0.39, 0.29) is 29.4 Å². The molecular formula is C15H15NO3. The summed E-state index contributed by atoms with van der Waals surface area (Å²) < 4.78 is 0. The van der Waals surface area contributed by atoms with E-state index in [4.69, 9.17) is 0 Å². The van der Waals surface area contributed by atoms with Crippen LogP contribution in [0.3, 0.4) is 0 Å². The molecule has 3 rings (SSSR count). The molecule has 1 aromatic rings. The second-order valence-corrected chi connectivity index (χ2v) is 5.45. The maximum atomic E-state index is 12.4. The van der Waals surface area contributed by atoms with E-state index in [1.54, 1.807) is 0 Å². The van der Waals surface area contributed by atoms with Gasteiger partial charge in [0.2, 0.25) is 11.8 Å². The van der Waals surface area contributed by atoms with Gasteiger partial charge in [0, 0.05) is 17.9 Å². The summed E-state index contributed by atoms with van der Waals surface area (Å²) in [5, 5.41) is 2.35. The lowest BCUT2D eigenvalue weighted by atomic mass is 9.76. The molecule has 3 atom stereocenters. The molecule has 1 fully saturated rings. The highest BCUT2D eigenvalue weighted by atomic mass is 16.2. The third-order valence-corrected chi connectivity index (χ3v) is 4.18. The highest BCUT2D eigenvalue weighted by molar-refractivity contribution is 6.07. The average molecular weight is 257 g/mol. The summed E-state index contributed by atoms with van der Waals surface area (Å²) in [6, 6.07) is 7.49. The van der Waals surface area contributed by atoms with Gasteiger partial charge in [0.15, 0.2) is 5.78 Å². The van der Waals surface area contributed by atoms with Crippen molar-refractivity contribution in [3.8, 4) is 0 Å². The molecule has 0 saturated carbocycles. The molecule has 4 nitrogen and oxygen atoms in total. The SMILES string of the molecule is CC1CC(=O)NC(=O)C1C1Cc2ccccc2C1=O. The number of fused-ring (bicyclic) bond motifs is 1. The fourth-order valence-corrected chi connectivity index (χ4v) is 3.29. The second-order valence-electron chi connectivity index (χ2n) is 5.45. The Kier molecular flexibility index (Phi) is 2.73. The number of carbonyl (C=O) groups excluding carboxylic acids is 3. The fraction of sp³-hybridized carbons (Fsp3) is 0.400. The zero-order valence-electron chi connectivity index (χ0n) is 10.7. The van der Waals surface area contributed by atoms with E-state index in [0.717, 1.165) is 11.1 Å². The summed E-state index contributed by atoms with van der Waals surface area (Å²) in [6.07, 6.45) is 0.919. The third kappa shape index (κ3) is 1.87. The Morgan fingerprint density at radius 3 is 2.53 bits per heavy atom. The van der Waals surface area contributed by atoms with Crippen LogP contribution in [0.15, 0.2) is 24.3 Å². The summed E-state index contributed by atoms with van der Waals surface area (Å²) in [5.74, 6) is -1.29. The summed E-state index contributed by atoms with van der Waals surface area (Å²) in [5.41, 5.74) is 1.74. The van der Waals surface area contributed by atoms with Crippen LogP contribution in [-0.2, 0) is 16.0 Å². The van der Waals surface area contributed by atoms with Crippen molar-refractivity contribution < 1.29 is 14.4 Å². The van der Waals surface area contributed by atoms with E-state index < -0.39 is 5.92 Å². The molecule has 2 amide bonds. The first-order valence-corrected chi connectivity index (χ1v) is 6.53. The number of rotatable bonds is 1. The van der Waals surface area contributed by atoms with Crippen LogP contribution in [0.2, 0.25) is 0 Å². The largest absolute Gasteiger partial charge is 0.296 e. The van der Waals surface area contributed by atoms with Gasteiger partial charge in [-0.25, -0.2) is 0 Å². The lowest BCUT2D eigenvalue weighted by Crippen LogP contribution is -2.48. The van der Waals surface area contributed by atoms with Crippen molar-refractivity contribution in [2.24, 2.45) is 17.8 Å². The van der Waals surface area contributed by atoms with Crippen molar-refractivity contribution in [1.29, 1.82) is 0 Å². The van der Waals surface area contributed by atoms with Crippen molar-refractivity contribution in [1.82, 2.24) is 5.32 Å². The molecule has 1 N–H and O–H groups in total. The first-order valence-electron chi connectivity index (χ1n) is 6.53. The van der Waals surface area contributed by atoms with Gasteiger partial charge in [0.1, 0.15) is 0 Å². The van der Waals surface area contributed by atoms with Crippen molar-refractivity contribution in [3.63, 3.8) is 0 Å². The molecule has 0 aromatic heterocycles. The number of benzene rings is 1. The number of ketones is 1. The van der Waals surface area contributed by atoms with Gasteiger partial charge in [-0.1, -0.05) is 31.2 Å². The van der Waals surface area contributed by atoms with Crippen LogP contribution in [0, 0.1) is 17.8 Å². The Morgan fingerprint density at radius 2 is 1.84 bits per heavy atom. The van der Waals surface area contributed by atoms with Crippen molar-refractivity contribution in [2.45, 2.75) is 19.8 Å². The van der Waals surface area contributed by atoms with Gasteiger partial charge in [0.05, 0.1) is 5.92 Å². The lowest BCUT2D eigenvalue weighted by molar-refractivity contribution is -0.139. The van der Waals surface area contributed by atoms with Crippen molar-refractivity contribution in [3.05, 3.63) is 35.4 Å². The number of imide groups is 1. The Balaban J connectivity index is 1.91. The molecule has 0 radical (unpaired) electrons. The summed E-state index contributed by atoms with van der Waals surface area (Å²) in [4.78, 5) is 35.7. The number of nitrogens with one attached hydrogen (secondary N) is 1. The molecule has 1 aliphatic heterocycles. The lowest BCUT2D eigenvalue weighted by Gasteiger charge is -2.30. The van der Waals surface area contributed by atoms with Gasteiger partial charge < -0.3 is 0 Å². The highest BCUT2D eigenvalue weighted by Gasteiger charge is 2.44. The van der Waals surface area contributed by atoms with Gasteiger partial charge in [-0.05, 0) is 17.9 Å². The van der Waals surface area contributed by atoms with Crippen LogP contribution in [0.1, 0.15) is 29.3 Å². The smallest absolute Gasteiger partial charge is 0.230 e. The molecule has 98 valence electrons. The average Bonchev–Trinajstić information content (AvgIpc) is 2.66. The molecule has 19 heavy (non-hydrogen) atoms. The number of carbonyl (C=O) groups is 3. The molecular weight excluding hydrogens is 242 g/mol. The zero-order valence-corrected chi connectivity index (χ0v) is 10.7. The summed E-state index contributed by atoms with van der Waals surface area (Å²) in [6.45, 7) is 1.87. The minimum Gasteiger partial charge on any atom is -0.296 e. The summed E-state index contributed by atoms with van der Waals surface area (Å²) >= 11 is 0. The van der Waals surface area contributed by atoms with Gasteiger partial charge >= 0.3 is 0 Å². The van der Waals surface area contributed by atoms with Crippen LogP contribution < -0.4 is 5.32 Å².